The zero-order valence-corrected chi connectivity index (χ0v) is 15.3. The molecule has 1 aliphatic heterocycles. The number of hydrogen-bond donors (Lipinski definition) is 1. The Labute approximate surface area is 154 Å². The van der Waals surface area contributed by atoms with E-state index >= 15 is 0 Å². The van der Waals surface area contributed by atoms with Crippen LogP contribution in [0.3, 0.4) is 0 Å². The number of phenols is 1. The Balaban J connectivity index is 1.62. The van der Waals surface area contributed by atoms with Crippen molar-refractivity contribution >= 4 is 11.9 Å². The third-order valence-electron chi connectivity index (χ3n) is 4.37. The van der Waals surface area contributed by atoms with Crippen molar-refractivity contribution in [2.24, 2.45) is 5.10 Å². The molecule has 0 spiro atoms. The molecule has 0 unspecified atom stereocenters. The summed E-state index contributed by atoms with van der Waals surface area (Å²) in [6, 6.07) is 13.5. The van der Waals surface area contributed by atoms with Gasteiger partial charge in [0.15, 0.2) is 11.5 Å². The highest BCUT2D eigenvalue weighted by molar-refractivity contribution is 5.84. The Morgan fingerprint density at radius 3 is 2.50 bits per heavy atom. The molecule has 1 N–H and O–H groups in total. The highest BCUT2D eigenvalue weighted by Crippen LogP contribution is 2.29. The summed E-state index contributed by atoms with van der Waals surface area (Å²) in [6.07, 6.45) is 1.69. The number of anilines is 1. The molecular weight excluding hydrogens is 330 g/mol. The van der Waals surface area contributed by atoms with Gasteiger partial charge in [0.25, 0.3) is 0 Å². The Morgan fingerprint density at radius 2 is 1.77 bits per heavy atom. The summed E-state index contributed by atoms with van der Waals surface area (Å²) >= 11 is 0. The van der Waals surface area contributed by atoms with Crippen LogP contribution in [0.15, 0.2) is 47.6 Å². The second-order valence-electron chi connectivity index (χ2n) is 5.98. The van der Waals surface area contributed by atoms with Crippen LogP contribution in [0.1, 0.15) is 12.5 Å². The van der Waals surface area contributed by atoms with E-state index in [0.29, 0.717) is 17.9 Å². The van der Waals surface area contributed by atoms with Gasteiger partial charge in [0, 0.05) is 18.7 Å². The van der Waals surface area contributed by atoms with E-state index < -0.39 is 0 Å². The topological polar surface area (TPSA) is 57.5 Å². The van der Waals surface area contributed by atoms with E-state index in [1.165, 1.54) is 0 Å². The average Bonchev–Trinajstić information content (AvgIpc) is 2.69. The number of aromatic hydroxyl groups is 1. The van der Waals surface area contributed by atoms with E-state index in [1.54, 1.807) is 19.4 Å². The molecule has 1 heterocycles. The lowest BCUT2D eigenvalue weighted by Gasteiger charge is -2.35. The van der Waals surface area contributed by atoms with Gasteiger partial charge in [-0.2, -0.15) is 5.10 Å². The van der Waals surface area contributed by atoms with Gasteiger partial charge in [0.1, 0.15) is 5.75 Å². The van der Waals surface area contributed by atoms with Gasteiger partial charge in [-0.1, -0.05) is 18.2 Å². The Kier molecular flexibility index (Phi) is 5.84. The van der Waals surface area contributed by atoms with Crippen molar-refractivity contribution in [2.45, 2.75) is 6.92 Å². The Bertz CT molecular complexity index is 756. The summed E-state index contributed by atoms with van der Waals surface area (Å²) in [6.45, 7) is 5.74. The van der Waals surface area contributed by atoms with Crippen LogP contribution in [0.4, 0.5) is 5.69 Å². The first kappa shape index (κ1) is 17.9. The van der Waals surface area contributed by atoms with Gasteiger partial charge in [-0.25, -0.2) is 0 Å². The molecule has 0 saturated carbocycles. The van der Waals surface area contributed by atoms with Gasteiger partial charge in [-0.15, -0.1) is 0 Å². The highest BCUT2D eigenvalue weighted by Gasteiger charge is 2.18. The van der Waals surface area contributed by atoms with E-state index in [1.807, 2.05) is 42.3 Å². The minimum atomic E-state index is 0.130. The lowest BCUT2D eigenvalue weighted by Crippen LogP contribution is -2.44. The van der Waals surface area contributed by atoms with Crippen LogP contribution in [-0.2, 0) is 0 Å². The largest absolute Gasteiger partial charge is 0.504 e. The maximum absolute atomic E-state index is 10.2. The van der Waals surface area contributed by atoms with Crippen molar-refractivity contribution < 1.29 is 14.6 Å². The number of hydrogen-bond acceptors (Lipinski definition) is 6. The van der Waals surface area contributed by atoms with Gasteiger partial charge < -0.3 is 19.5 Å². The number of ether oxygens (including phenoxy) is 2. The number of piperazine rings is 1. The van der Waals surface area contributed by atoms with Crippen LogP contribution in [-0.4, -0.2) is 56.2 Å². The van der Waals surface area contributed by atoms with Crippen molar-refractivity contribution in [1.82, 2.24) is 5.01 Å². The third kappa shape index (κ3) is 4.02. The molecule has 0 bridgehead atoms. The summed E-state index contributed by atoms with van der Waals surface area (Å²) in [5, 5.41) is 16.8. The summed E-state index contributed by atoms with van der Waals surface area (Å²) in [7, 11) is 1.70. The number of para-hydroxylation sites is 3. The molecule has 26 heavy (non-hydrogen) atoms. The number of benzene rings is 2. The van der Waals surface area contributed by atoms with E-state index in [-0.39, 0.29) is 5.75 Å². The maximum Gasteiger partial charge on any atom is 0.166 e. The molecule has 0 aromatic heterocycles. The van der Waals surface area contributed by atoms with Crippen LogP contribution in [0.2, 0.25) is 0 Å². The molecule has 138 valence electrons. The van der Waals surface area contributed by atoms with Crippen LogP contribution < -0.4 is 14.4 Å². The van der Waals surface area contributed by atoms with Crippen molar-refractivity contribution in [1.29, 1.82) is 0 Å². The fraction of sp³-hybridized carbons (Fsp3) is 0.350. The predicted molar refractivity (Wildman–Crippen MR) is 104 cm³/mol. The number of phenolic OH excluding ortho intramolecular Hbond substituents is 1. The van der Waals surface area contributed by atoms with Gasteiger partial charge in [-0.05, 0) is 31.2 Å². The molecule has 0 aliphatic carbocycles. The second-order valence-corrected chi connectivity index (χ2v) is 5.98. The van der Waals surface area contributed by atoms with Crippen LogP contribution in [0.25, 0.3) is 0 Å². The number of nitrogens with zero attached hydrogens (tertiary/aromatic N) is 3. The van der Waals surface area contributed by atoms with E-state index in [0.717, 1.165) is 37.6 Å². The Hall–Kier alpha value is -2.89. The van der Waals surface area contributed by atoms with Gasteiger partial charge in [-0.3, -0.25) is 5.01 Å². The molecule has 1 aliphatic rings. The number of methoxy groups -OCH3 is 1. The Morgan fingerprint density at radius 1 is 1.04 bits per heavy atom. The standard InChI is InChI=1S/C20H25N3O3/c1-3-26-19-10-6-7-16(20(19)24)15-21-23-13-11-22(12-14-23)17-8-4-5-9-18(17)25-2/h4-10,15,24H,3,11-14H2,1-2H3. The molecule has 0 amide bonds. The fourth-order valence-electron chi connectivity index (χ4n) is 3.00. The quantitative estimate of drug-likeness (QED) is 0.808. The second kappa shape index (κ2) is 8.47. The van der Waals surface area contributed by atoms with Crippen molar-refractivity contribution in [3.05, 3.63) is 48.0 Å². The first-order chi connectivity index (χ1) is 12.7. The summed E-state index contributed by atoms with van der Waals surface area (Å²) in [5.41, 5.74) is 1.77. The molecule has 3 rings (SSSR count). The lowest BCUT2D eigenvalue weighted by atomic mass is 10.2. The minimum absolute atomic E-state index is 0.130. The summed E-state index contributed by atoms with van der Waals surface area (Å²) in [5.74, 6) is 1.50. The molecular formula is C20H25N3O3. The molecule has 6 heteroatoms. The van der Waals surface area contributed by atoms with Gasteiger partial charge >= 0.3 is 0 Å². The first-order valence-electron chi connectivity index (χ1n) is 8.84. The average molecular weight is 355 g/mol. The molecule has 2 aromatic carbocycles. The molecule has 0 radical (unpaired) electrons. The zero-order valence-electron chi connectivity index (χ0n) is 15.3. The number of hydrazone groups is 1. The first-order valence-corrected chi connectivity index (χ1v) is 8.84. The van der Waals surface area contributed by atoms with E-state index in [9.17, 15) is 5.11 Å². The molecule has 2 aromatic rings. The summed E-state index contributed by atoms with van der Waals surface area (Å²) in [4.78, 5) is 2.30. The lowest BCUT2D eigenvalue weighted by molar-refractivity contribution is 0.271. The van der Waals surface area contributed by atoms with Crippen LogP contribution >= 0.6 is 0 Å². The van der Waals surface area contributed by atoms with Crippen molar-refractivity contribution in [3.8, 4) is 17.2 Å². The normalized spacial score (nSPS) is 14.7. The monoisotopic (exact) mass is 355 g/mol. The molecule has 6 nitrogen and oxygen atoms in total. The van der Waals surface area contributed by atoms with E-state index in [2.05, 4.69) is 16.1 Å². The van der Waals surface area contributed by atoms with Crippen molar-refractivity contribution in [3.63, 3.8) is 0 Å². The maximum atomic E-state index is 10.2. The van der Waals surface area contributed by atoms with Gasteiger partial charge in [0.05, 0.1) is 38.7 Å². The molecule has 1 fully saturated rings. The van der Waals surface area contributed by atoms with E-state index in [4.69, 9.17) is 9.47 Å². The predicted octanol–water partition coefficient (Wildman–Crippen LogP) is 2.96. The number of rotatable bonds is 6. The minimum Gasteiger partial charge on any atom is -0.504 e. The fourth-order valence-corrected chi connectivity index (χ4v) is 3.00. The van der Waals surface area contributed by atoms with Crippen LogP contribution in [0, 0.1) is 0 Å². The third-order valence-corrected chi connectivity index (χ3v) is 4.37. The van der Waals surface area contributed by atoms with Crippen molar-refractivity contribution in [2.75, 3.05) is 44.8 Å². The summed E-state index contributed by atoms with van der Waals surface area (Å²) < 4.78 is 10.9. The zero-order chi connectivity index (χ0) is 18.4. The molecule has 1 saturated heterocycles. The van der Waals surface area contributed by atoms with Gasteiger partial charge in [0.2, 0.25) is 0 Å². The molecule has 0 atom stereocenters. The highest BCUT2D eigenvalue weighted by atomic mass is 16.5. The van der Waals surface area contributed by atoms with Crippen LogP contribution in [0.5, 0.6) is 17.2 Å². The smallest absolute Gasteiger partial charge is 0.166 e. The SMILES string of the molecule is CCOc1cccc(C=NN2CCN(c3ccccc3OC)CC2)c1O.